The number of nitrogens with one attached hydrogen (secondary N) is 1. The maximum Gasteiger partial charge on any atom is 0.340 e. The van der Waals surface area contributed by atoms with E-state index in [1.165, 1.54) is 0 Å². The van der Waals surface area contributed by atoms with Crippen molar-refractivity contribution < 1.29 is 15.7 Å². The summed E-state index contributed by atoms with van der Waals surface area (Å²) < 4.78 is 12.2. The summed E-state index contributed by atoms with van der Waals surface area (Å²) in [5.74, 6) is 0.474. The van der Waals surface area contributed by atoms with Crippen molar-refractivity contribution in [1.29, 1.82) is 0 Å². The number of hydrogen-bond acceptors (Lipinski definition) is 7. The van der Waals surface area contributed by atoms with Crippen LogP contribution in [-0.2, 0) is 14.3 Å². The lowest BCUT2D eigenvalue weighted by Crippen LogP contribution is -2.39. The summed E-state index contributed by atoms with van der Waals surface area (Å²) in [7, 11) is 0. The summed E-state index contributed by atoms with van der Waals surface area (Å²) in [6.07, 6.45) is 7.03. The fourth-order valence-electron chi connectivity index (χ4n) is 4.73. The van der Waals surface area contributed by atoms with Crippen molar-refractivity contribution in [2.45, 2.75) is 106 Å². The lowest BCUT2D eigenvalue weighted by Gasteiger charge is -2.41. The number of unbranched alkanes of at least 4 members (excludes halogenated alkanes) is 1. The van der Waals surface area contributed by atoms with Crippen molar-refractivity contribution >= 4 is 17.5 Å². The molecule has 1 N–H and O–H groups in total. The van der Waals surface area contributed by atoms with Gasteiger partial charge in [0.05, 0.1) is 17.4 Å². The fourth-order valence-corrected chi connectivity index (χ4v) is 4.73. The van der Waals surface area contributed by atoms with Gasteiger partial charge >= 0.3 is 5.97 Å². The van der Waals surface area contributed by atoms with Crippen LogP contribution in [0.1, 0.15) is 99.9 Å². The van der Waals surface area contributed by atoms with Crippen LogP contribution in [-0.4, -0.2) is 47.3 Å². The predicted molar refractivity (Wildman–Crippen MR) is 158 cm³/mol. The van der Waals surface area contributed by atoms with Crippen LogP contribution < -0.4 is 10.2 Å². The third kappa shape index (κ3) is 7.92. The Morgan fingerprint density at radius 3 is 2.39 bits per heavy atom. The molecule has 0 amide bonds. The minimum atomic E-state index is -0.891. The summed E-state index contributed by atoms with van der Waals surface area (Å²) in [5.41, 5.74) is 4.20. The second-order valence-corrected chi connectivity index (χ2v) is 12.5. The van der Waals surface area contributed by atoms with Gasteiger partial charge in [0.1, 0.15) is 5.82 Å². The number of carbonyl (C=O) groups is 1. The zero-order chi connectivity index (χ0) is 28.1. The molecule has 0 spiro atoms. The van der Waals surface area contributed by atoms with Crippen molar-refractivity contribution in [3.63, 3.8) is 0 Å². The van der Waals surface area contributed by atoms with Crippen LogP contribution in [0.4, 0.5) is 11.5 Å². The molecule has 2 aromatic heterocycles. The molecule has 0 aliphatic carbocycles. The van der Waals surface area contributed by atoms with Crippen molar-refractivity contribution in [1.82, 2.24) is 9.97 Å². The molecular weight excluding hydrogens is 476 g/mol. The van der Waals surface area contributed by atoms with E-state index < -0.39 is 11.7 Å². The molecule has 212 valence electrons. The molecule has 38 heavy (non-hydrogen) atoms. The van der Waals surface area contributed by atoms with Crippen molar-refractivity contribution in [3.05, 3.63) is 35.8 Å². The number of nitrogens with zero attached hydrogens (tertiary/aromatic N) is 3. The number of esters is 1. The third-order valence-electron chi connectivity index (χ3n) is 6.93. The molecule has 1 fully saturated rings. The molecule has 0 bridgehead atoms. The highest BCUT2D eigenvalue weighted by Crippen LogP contribution is 2.43. The largest absolute Gasteiger partial charge is 0.461 e. The second kappa shape index (κ2) is 12.5. The Kier molecular flexibility index (Phi) is 9.80. The van der Waals surface area contributed by atoms with E-state index in [9.17, 15) is 4.79 Å². The summed E-state index contributed by atoms with van der Waals surface area (Å²) in [4.78, 5) is 25.4. The SMILES string of the molecule is CCCCNc1ccc(-c2cnc(C)c([C@H](OC(C)(C)C)C(=O)OC(C)C)c2N2CCC(C)(C)CC2)cn1.[HH]. The van der Waals surface area contributed by atoms with E-state index in [-0.39, 0.29) is 18.9 Å². The number of rotatable bonds is 10. The molecule has 1 aliphatic heterocycles. The third-order valence-corrected chi connectivity index (χ3v) is 6.93. The molecule has 3 rings (SSSR count). The van der Waals surface area contributed by atoms with Crippen LogP contribution in [0, 0.1) is 12.3 Å². The molecule has 1 aliphatic rings. The normalized spacial score (nSPS) is 16.4. The molecule has 0 unspecified atom stereocenters. The molecule has 3 heterocycles. The first-order valence-electron chi connectivity index (χ1n) is 14.1. The highest BCUT2D eigenvalue weighted by molar-refractivity contribution is 5.87. The Bertz CT molecular complexity index is 1070. The van der Waals surface area contributed by atoms with E-state index in [0.717, 1.165) is 79.2 Å². The first-order chi connectivity index (χ1) is 17.8. The monoisotopic (exact) mass is 526 g/mol. The molecular formula is C31H50N4O3. The molecule has 2 aromatic rings. The van der Waals surface area contributed by atoms with E-state index in [1.54, 1.807) is 0 Å². The predicted octanol–water partition coefficient (Wildman–Crippen LogP) is 7.34. The number of anilines is 2. The van der Waals surface area contributed by atoms with E-state index in [0.29, 0.717) is 0 Å². The number of hydrogen-bond donors (Lipinski definition) is 1. The smallest absolute Gasteiger partial charge is 0.340 e. The van der Waals surface area contributed by atoms with Crippen LogP contribution in [0.5, 0.6) is 0 Å². The van der Waals surface area contributed by atoms with Gasteiger partial charge in [0.2, 0.25) is 0 Å². The molecule has 7 nitrogen and oxygen atoms in total. The molecule has 0 radical (unpaired) electrons. The van der Waals surface area contributed by atoms with E-state index >= 15 is 0 Å². The Morgan fingerprint density at radius 2 is 1.84 bits per heavy atom. The van der Waals surface area contributed by atoms with Crippen LogP contribution in [0.2, 0.25) is 0 Å². The van der Waals surface area contributed by atoms with Crippen molar-refractivity contribution in [2.75, 3.05) is 29.9 Å². The number of aryl methyl sites for hydroxylation is 1. The number of carbonyl (C=O) groups excluding carboxylic acids is 1. The topological polar surface area (TPSA) is 76.6 Å². The molecule has 0 aromatic carbocycles. The van der Waals surface area contributed by atoms with Crippen molar-refractivity contribution in [2.24, 2.45) is 5.41 Å². The highest BCUT2D eigenvalue weighted by Gasteiger charge is 2.37. The van der Waals surface area contributed by atoms with E-state index in [1.807, 2.05) is 60.0 Å². The summed E-state index contributed by atoms with van der Waals surface area (Å²) in [6, 6.07) is 4.10. The van der Waals surface area contributed by atoms with Crippen LogP contribution in [0.3, 0.4) is 0 Å². The van der Waals surface area contributed by atoms with Gasteiger partial charge in [0.15, 0.2) is 6.10 Å². The van der Waals surface area contributed by atoms with Gasteiger partial charge in [-0.05, 0) is 78.4 Å². The second-order valence-electron chi connectivity index (χ2n) is 12.5. The Labute approximate surface area is 231 Å². The first-order valence-corrected chi connectivity index (χ1v) is 14.1. The minimum absolute atomic E-state index is 0. The lowest BCUT2D eigenvalue weighted by molar-refractivity contribution is -0.171. The summed E-state index contributed by atoms with van der Waals surface area (Å²) >= 11 is 0. The Morgan fingerprint density at radius 1 is 1.16 bits per heavy atom. The Hall–Kier alpha value is -2.67. The molecule has 1 saturated heterocycles. The maximum atomic E-state index is 13.5. The van der Waals surface area contributed by atoms with Gasteiger partial charge < -0.3 is 19.7 Å². The minimum Gasteiger partial charge on any atom is -0.461 e. The van der Waals surface area contributed by atoms with Gasteiger partial charge in [0.25, 0.3) is 0 Å². The molecule has 1 atom stereocenters. The molecule has 0 saturated carbocycles. The van der Waals surface area contributed by atoms with Gasteiger partial charge in [-0.2, -0.15) is 0 Å². The van der Waals surface area contributed by atoms with Gasteiger partial charge in [-0.1, -0.05) is 27.2 Å². The van der Waals surface area contributed by atoms with Gasteiger partial charge in [-0.15, -0.1) is 0 Å². The van der Waals surface area contributed by atoms with Gasteiger partial charge in [0, 0.05) is 55.8 Å². The average molecular weight is 527 g/mol. The van der Waals surface area contributed by atoms with Crippen LogP contribution >= 0.6 is 0 Å². The average Bonchev–Trinajstić information content (AvgIpc) is 2.82. The fraction of sp³-hybridized carbons (Fsp3) is 0.645. The summed E-state index contributed by atoms with van der Waals surface area (Å²) in [5, 5.41) is 3.39. The van der Waals surface area contributed by atoms with Crippen LogP contribution in [0.15, 0.2) is 24.5 Å². The molecule has 7 heteroatoms. The Balaban J connectivity index is 0.00000533. The highest BCUT2D eigenvalue weighted by atomic mass is 16.6. The van der Waals surface area contributed by atoms with Gasteiger partial charge in [-0.25, -0.2) is 9.78 Å². The number of ether oxygens (including phenoxy) is 2. The summed E-state index contributed by atoms with van der Waals surface area (Å²) in [6.45, 7) is 21.1. The van der Waals surface area contributed by atoms with Gasteiger partial charge in [-0.3, -0.25) is 4.98 Å². The van der Waals surface area contributed by atoms with Crippen molar-refractivity contribution in [3.8, 4) is 11.1 Å². The number of pyridine rings is 2. The zero-order valence-electron chi connectivity index (χ0n) is 25.0. The standard InChI is InChI=1S/C31H48N4O3.H2/c1-10-11-16-32-25-13-12-23(19-34-25)24-20-33-22(4)26(27(24)35-17-14-31(8,9)15-18-35)28(38-30(5,6)7)29(36)37-21(2)3;/h12-13,19-21,28H,10-11,14-18H2,1-9H3,(H,32,34);1H/t28-;/m0./s1. The van der Waals surface area contributed by atoms with E-state index in [2.05, 4.69) is 42.0 Å². The lowest BCUT2D eigenvalue weighted by atomic mass is 9.82. The first kappa shape index (κ1) is 29.9. The maximum absolute atomic E-state index is 13.5. The zero-order valence-corrected chi connectivity index (χ0v) is 25.0. The van der Waals surface area contributed by atoms with E-state index in [4.69, 9.17) is 14.5 Å². The van der Waals surface area contributed by atoms with Crippen LogP contribution in [0.25, 0.3) is 11.1 Å². The number of piperidine rings is 1. The number of aromatic nitrogens is 2. The quantitative estimate of drug-likeness (QED) is 0.256.